The van der Waals surface area contributed by atoms with Gasteiger partial charge < -0.3 is 14.6 Å². The number of carbonyl (C=O) groups is 1. The zero-order valence-electron chi connectivity index (χ0n) is 17.3. The van der Waals surface area contributed by atoms with Crippen LogP contribution in [0.1, 0.15) is 18.4 Å². The highest BCUT2D eigenvalue weighted by molar-refractivity contribution is 7.13. The Morgan fingerprint density at radius 1 is 1.13 bits per heavy atom. The van der Waals surface area contributed by atoms with Crippen molar-refractivity contribution in [2.24, 2.45) is 0 Å². The van der Waals surface area contributed by atoms with Crippen LogP contribution in [-0.4, -0.2) is 39.4 Å². The Bertz CT molecular complexity index is 1260. The van der Waals surface area contributed by atoms with Crippen molar-refractivity contribution in [1.29, 1.82) is 0 Å². The summed E-state index contributed by atoms with van der Waals surface area (Å²) in [6, 6.07) is 14.8. The van der Waals surface area contributed by atoms with Crippen molar-refractivity contribution in [2.75, 3.05) is 13.7 Å². The fourth-order valence-corrected chi connectivity index (χ4v) is 4.11. The molecule has 31 heavy (non-hydrogen) atoms. The van der Waals surface area contributed by atoms with Gasteiger partial charge in [-0.05, 0) is 43.3 Å². The average Bonchev–Trinajstić information content (AvgIpc) is 3.26. The molecular formula is C23H22N4O3S. The second kappa shape index (κ2) is 9.09. The van der Waals surface area contributed by atoms with Crippen LogP contribution >= 0.6 is 11.3 Å². The first-order valence-electron chi connectivity index (χ1n) is 9.92. The van der Waals surface area contributed by atoms with Crippen LogP contribution in [0.5, 0.6) is 5.75 Å². The highest BCUT2D eigenvalue weighted by Gasteiger charge is 2.17. The molecule has 4 aromatic rings. The lowest BCUT2D eigenvalue weighted by atomic mass is 10.2. The number of nitrogens with one attached hydrogen (secondary N) is 1. The van der Waals surface area contributed by atoms with Crippen LogP contribution in [0, 0.1) is 0 Å². The van der Waals surface area contributed by atoms with E-state index >= 15 is 0 Å². The molecule has 158 valence electrons. The Morgan fingerprint density at radius 2 is 1.90 bits per heavy atom. The number of H-pyrrole nitrogens is 1. The summed E-state index contributed by atoms with van der Waals surface area (Å²) in [4.78, 5) is 38.7. The number of hydrogen-bond acceptors (Lipinski definition) is 6. The molecule has 2 aromatic heterocycles. The number of aromatic nitrogens is 3. The molecule has 0 spiro atoms. The first-order chi connectivity index (χ1) is 15.1. The van der Waals surface area contributed by atoms with Crippen LogP contribution in [0.2, 0.25) is 0 Å². The van der Waals surface area contributed by atoms with Gasteiger partial charge in [-0.1, -0.05) is 12.1 Å². The van der Waals surface area contributed by atoms with Crippen molar-refractivity contribution in [3.05, 3.63) is 75.8 Å². The smallest absolute Gasteiger partial charge is 0.258 e. The van der Waals surface area contributed by atoms with Gasteiger partial charge in [-0.25, -0.2) is 9.97 Å². The lowest BCUT2D eigenvalue weighted by molar-refractivity contribution is -0.131. The Kier molecular flexibility index (Phi) is 6.08. The molecule has 0 unspecified atom stereocenters. The summed E-state index contributed by atoms with van der Waals surface area (Å²) < 4.78 is 5.19. The normalized spacial score (nSPS) is 10.9. The number of likely N-dealkylation sites (N-methyl/N-ethyl adjacent to an activating group) is 1. The summed E-state index contributed by atoms with van der Waals surface area (Å²) in [6.07, 6.45) is 0.193. The molecule has 2 heterocycles. The van der Waals surface area contributed by atoms with E-state index in [9.17, 15) is 9.59 Å². The number of thiazole rings is 1. The van der Waals surface area contributed by atoms with E-state index in [1.807, 2.05) is 42.6 Å². The molecule has 0 atom stereocenters. The predicted octanol–water partition coefficient (Wildman–Crippen LogP) is 3.65. The number of fused-ring (bicyclic) bond motifs is 1. The summed E-state index contributed by atoms with van der Waals surface area (Å²) >= 11 is 1.50. The van der Waals surface area contributed by atoms with Crippen LogP contribution in [0.3, 0.4) is 0 Å². The molecule has 7 nitrogen and oxygen atoms in total. The maximum atomic E-state index is 12.9. The van der Waals surface area contributed by atoms with Crippen LogP contribution in [-0.2, 0) is 17.8 Å². The second-order valence-corrected chi connectivity index (χ2v) is 7.85. The summed E-state index contributed by atoms with van der Waals surface area (Å²) in [5.41, 5.74) is 2.12. The minimum Gasteiger partial charge on any atom is -0.497 e. The Balaban J connectivity index is 1.47. The maximum Gasteiger partial charge on any atom is 0.258 e. The molecule has 0 saturated carbocycles. The van der Waals surface area contributed by atoms with Gasteiger partial charge in [0.1, 0.15) is 16.6 Å². The largest absolute Gasteiger partial charge is 0.497 e. The zero-order chi connectivity index (χ0) is 21.8. The van der Waals surface area contributed by atoms with E-state index in [-0.39, 0.29) is 24.4 Å². The van der Waals surface area contributed by atoms with Crippen molar-refractivity contribution in [3.63, 3.8) is 0 Å². The zero-order valence-corrected chi connectivity index (χ0v) is 18.1. The number of ether oxygens (including phenoxy) is 1. The van der Waals surface area contributed by atoms with Crippen molar-refractivity contribution in [2.45, 2.75) is 19.9 Å². The number of methoxy groups -OCH3 is 1. The van der Waals surface area contributed by atoms with E-state index in [4.69, 9.17) is 4.74 Å². The summed E-state index contributed by atoms with van der Waals surface area (Å²) in [5, 5.41) is 3.30. The van der Waals surface area contributed by atoms with E-state index < -0.39 is 0 Å². The number of rotatable bonds is 7. The minimum absolute atomic E-state index is 0.0649. The Hall–Kier alpha value is -3.52. The van der Waals surface area contributed by atoms with Gasteiger partial charge in [-0.2, -0.15) is 0 Å². The van der Waals surface area contributed by atoms with Gasteiger partial charge in [0.25, 0.3) is 5.56 Å². The molecule has 0 saturated heterocycles. The molecule has 0 aliphatic rings. The highest BCUT2D eigenvalue weighted by Crippen LogP contribution is 2.26. The molecule has 4 rings (SSSR count). The number of amides is 1. The van der Waals surface area contributed by atoms with E-state index in [0.29, 0.717) is 23.3 Å². The van der Waals surface area contributed by atoms with Crippen LogP contribution in [0.4, 0.5) is 0 Å². The van der Waals surface area contributed by atoms with Gasteiger partial charge >= 0.3 is 0 Å². The first kappa shape index (κ1) is 20.7. The third-order valence-corrected chi connectivity index (χ3v) is 5.90. The fraction of sp³-hybridized carbons (Fsp3) is 0.217. The molecule has 0 aliphatic heterocycles. The van der Waals surface area contributed by atoms with Gasteiger partial charge in [0, 0.05) is 17.5 Å². The van der Waals surface area contributed by atoms with Crippen molar-refractivity contribution >= 4 is 28.1 Å². The molecule has 0 aliphatic carbocycles. The van der Waals surface area contributed by atoms with Crippen LogP contribution in [0.25, 0.3) is 21.5 Å². The number of hydrogen-bond donors (Lipinski definition) is 1. The number of aromatic amines is 1. The standard InChI is InChI=1S/C23H22N4O3S/c1-3-27(13-20-25-19-7-5-4-6-18(19)22(29)26-20)21(28)12-16-14-31-23(24-16)15-8-10-17(30-2)11-9-15/h4-11,14H,3,12-13H2,1-2H3,(H,25,26,29). The third kappa shape index (κ3) is 4.64. The first-order valence-corrected chi connectivity index (χ1v) is 10.8. The molecule has 1 amide bonds. The molecule has 0 radical (unpaired) electrons. The monoisotopic (exact) mass is 434 g/mol. The average molecular weight is 435 g/mol. The molecule has 8 heteroatoms. The fourth-order valence-electron chi connectivity index (χ4n) is 3.29. The predicted molar refractivity (Wildman–Crippen MR) is 121 cm³/mol. The SMILES string of the molecule is CCN(Cc1nc2ccccc2c(=O)[nH]1)C(=O)Cc1csc(-c2ccc(OC)cc2)n1. The molecule has 2 aromatic carbocycles. The van der Waals surface area contributed by atoms with Gasteiger partial charge in [0.05, 0.1) is 36.7 Å². The lowest BCUT2D eigenvalue weighted by Crippen LogP contribution is -2.33. The Morgan fingerprint density at radius 3 is 2.65 bits per heavy atom. The maximum absolute atomic E-state index is 12.9. The molecule has 0 fully saturated rings. The highest BCUT2D eigenvalue weighted by atomic mass is 32.1. The molecule has 1 N–H and O–H groups in total. The van der Waals surface area contributed by atoms with E-state index in [1.165, 1.54) is 11.3 Å². The van der Waals surface area contributed by atoms with Gasteiger partial charge in [0.2, 0.25) is 5.91 Å². The summed E-state index contributed by atoms with van der Waals surface area (Å²) in [6.45, 7) is 2.65. The number of benzene rings is 2. The van der Waals surface area contributed by atoms with Crippen LogP contribution < -0.4 is 10.3 Å². The number of carbonyl (C=O) groups excluding carboxylic acids is 1. The summed E-state index contributed by atoms with van der Waals surface area (Å²) in [5.74, 6) is 1.19. The molecular weight excluding hydrogens is 412 g/mol. The minimum atomic E-state index is -0.201. The second-order valence-electron chi connectivity index (χ2n) is 6.99. The van der Waals surface area contributed by atoms with Gasteiger partial charge in [-0.15, -0.1) is 11.3 Å². The van der Waals surface area contributed by atoms with Crippen molar-refractivity contribution in [3.8, 4) is 16.3 Å². The van der Waals surface area contributed by atoms with Gasteiger partial charge in [-0.3, -0.25) is 9.59 Å². The van der Waals surface area contributed by atoms with Crippen molar-refractivity contribution in [1.82, 2.24) is 19.9 Å². The van der Waals surface area contributed by atoms with E-state index in [2.05, 4.69) is 15.0 Å². The van der Waals surface area contributed by atoms with Crippen molar-refractivity contribution < 1.29 is 9.53 Å². The van der Waals surface area contributed by atoms with E-state index in [0.717, 1.165) is 22.0 Å². The van der Waals surface area contributed by atoms with Gasteiger partial charge in [0.15, 0.2) is 0 Å². The number of nitrogens with zero attached hydrogens (tertiary/aromatic N) is 3. The Labute approximate surface area is 183 Å². The summed E-state index contributed by atoms with van der Waals surface area (Å²) in [7, 11) is 1.63. The lowest BCUT2D eigenvalue weighted by Gasteiger charge is -2.20. The molecule has 0 bridgehead atoms. The quantitative estimate of drug-likeness (QED) is 0.480. The number of para-hydroxylation sites is 1. The topological polar surface area (TPSA) is 88.2 Å². The van der Waals surface area contributed by atoms with E-state index in [1.54, 1.807) is 30.2 Å². The van der Waals surface area contributed by atoms with Crippen LogP contribution in [0.15, 0.2) is 58.7 Å². The third-order valence-electron chi connectivity index (χ3n) is 4.96.